The Balaban J connectivity index is 1.57. The van der Waals surface area contributed by atoms with Crippen molar-refractivity contribution < 1.29 is 19.0 Å². The number of hydrogen-bond acceptors (Lipinski definition) is 4. The minimum absolute atomic E-state index is 0.154. The summed E-state index contributed by atoms with van der Waals surface area (Å²) < 4.78 is 16.8. The Hall–Kier alpha value is -2.53. The molecule has 1 amide bonds. The number of hydrogen-bond donors (Lipinski definition) is 1. The summed E-state index contributed by atoms with van der Waals surface area (Å²) >= 11 is 0. The van der Waals surface area contributed by atoms with Gasteiger partial charge in [-0.25, -0.2) is 0 Å². The van der Waals surface area contributed by atoms with E-state index in [4.69, 9.17) is 19.9 Å². The van der Waals surface area contributed by atoms with Crippen LogP contribution in [0.5, 0.6) is 17.2 Å². The zero-order valence-corrected chi connectivity index (χ0v) is 12.0. The van der Waals surface area contributed by atoms with Crippen LogP contribution in [-0.2, 0) is 9.53 Å². The van der Waals surface area contributed by atoms with E-state index in [0.29, 0.717) is 18.8 Å². The maximum absolute atomic E-state index is 11.0. The quantitative estimate of drug-likeness (QED) is 0.921. The van der Waals surface area contributed by atoms with Crippen molar-refractivity contribution in [2.45, 2.75) is 18.6 Å². The number of para-hydroxylation sites is 1. The van der Waals surface area contributed by atoms with Crippen LogP contribution in [0.3, 0.4) is 0 Å². The van der Waals surface area contributed by atoms with Crippen LogP contribution in [0.2, 0.25) is 0 Å². The van der Waals surface area contributed by atoms with Crippen molar-refractivity contribution in [2.24, 2.45) is 5.73 Å². The molecule has 3 rings (SSSR count). The molecule has 2 unspecified atom stereocenters. The molecule has 0 saturated carbocycles. The third-order valence-electron chi connectivity index (χ3n) is 3.38. The molecule has 1 saturated heterocycles. The Morgan fingerprint density at radius 1 is 1.00 bits per heavy atom. The van der Waals surface area contributed by atoms with Crippen molar-refractivity contribution in [2.75, 3.05) is 6.61 Å². The molecule has 5 heteroatoms. The topological polar surface area (TPSA) is 70.8 Å². The van der Waals surface area contributed by atoms with E-state index in [0.717, 1.165) is 11.5 Å². The van der Waals surface area contributed by atoms with Gasteiger partial charge in [0, 0.05) is 6.42 Å². The Labute approximate surface area is 128 Å². The molecule has 2 aromatic carbocycles. The molecule has 1 heterocycles. The highest BCUT2D eigenvalue weighted by Gasteiger charge is 2.30. The van der Waals surface area contributed by atoms with E-state index in [-0.39, 0.29) is 6.10 Å². The number of primary amides is 1. The summed E-state index contributed by atoms with van der Waals surface area (Å²) in [5, 5.41) is 0. The van der Waals surface area contributed by atoms with Crippen LogP contribution in [-0.4, -0.2) is 24.7 Å². The van der Waals surface area contributed by atoms with Crippen LogP contribution < -0.4 is 15.2 Å². The SMILES string of the molecule is NC(=O)C1CC(Oc2ccc(Oc3ccccc3)cc2)CO1. The Morgan fingerprint density at radius 2 is 1.64 bits per heavy atom. The summed E-state index contributed by atoms with van der Waals surface area (Å²) in [5.74, 6) is 1.78. The predicted octanol–water partition coefficient (Wildman–Crippen LogP) is 2.50. The van der Waals surface area contributed by atoms with E-state index in [1.165, 1.54) is 0 Å². The van der Waals surface area contributed by atoms with E-state index < -0.39 is 12.0 Å². The molecule has 1 aliphatic heterocycles. The maximum atomic E-state index is 11.0. The molecule has 0 bridgehead atoms. The van der Waals surface area contributed by atoms with Crippen LogP contribution in [0.25, 0.3) is 0 Å². The highest BCUT2D eigenvalue weighted by atomic mass is 16.6. The number of ether oxygens (including phenoxy) is 3. The average molecular weight is 299 g/mol. The lowest BCUT2D eigenvalue weighted by molar-refractivity contribution is -0.126. The number of nitrogens with two attached hydrogens (primary N) is 1. The van der Waals surface area contributed by atoms with E-state index >= 15 is 0 Å². The Morgan fingerprint density at radius 3 is 2.27 bits per heavy atom. The molecule has 0 radical (unpaired) electrons. The normalized spacial score (nSPS) is 20.5. The fraction of sp³-hybridized carbons (Fsp3) is 0.235. The predicted molar refractivity (Wildman–Crippen MR) is 80.9 cm³/mol. The lowest BCUT2D eigenvalue weighted by Gasteiger charge is -2.12. The number of rotatable bonds is 5. The van der Waals surface area contributed by atoms with Crippen molar-refractivity contribution in [1.82, 2.24) is 0 Å². The zero-order chi connectivity index (χ0) is 15.4. The molecule has 5 nitrogen and oxygen atoms in total. The van der Waals surface area contributed by atoms with Crippen LogP contribution in [0, 0.1) is 0 Å². The minimum atomic E-state index is -0.550. The smallest absolute Gasteiger partial charge is 0.246 e. The van der Waals surface area contributed by atoms with E-state index in [9.17, 15) is 4.79 Å². The molecule has 2 aromatic rings. The van der Waals surface area contributed by atoms with E-state index in [1.54, 1.807) is 0 Å². The van der Waals surface area contributed by atoms with Gasteiger partial charge in [-0.1, -0.05) is 18.2 Å². The largest absolute Gasteiger partial charge is 0.488 e. The van der Waals surface area contributed by atoms with Crippen LogP contribution in [0.15, 0.2) is 54.6 Å². The van der Waals surface area contributed by atoms with E-state index in [2.05, 4.69) is 0 Å². The van der Waals surface area contributed by atoms with Crippen LogP contribution in [0.4, 0.5) is 0 Å². The summed E-state index contributed by atoms with van der Waals surface area (Å²) in [5.41, 5.74) is 5.21. The first-order valence-corrected chi connectivity index (χ1v) is 7.11. The van der Waals surface area contributed by atoms with Crippen molar-refractivity contribution in [3.05, 3.63) is 54.6 Å². The second-order valence-electron chi connectivity index (χ2n) is 5.09. The first kappa shape index (κ1) is 14.4. The molecular formula is C17H17NO4. The molecule has 1 fully saturated rings. The van der Waals surface area contributed by atoms with Gasteiger partial charge in [-0.3, -0.25) is 4.79 Å². The fourth-order valence-corrected chi connectivity index (χ4v) is 2.28. The molecule has 0 aromatic heterocycles. The molecular weight excluding hydrogens is 282 g/mol. The third-order valence-corrected chi connectivity index (χ3v) is 3.38. The number of carbonyl (C=O) groups is 1. The second-order valence-corrected chi connectivity index (χ2v) is 5.09. The third kappa shape index (κ3) is 3.56. The molecule has 2 N–H and O–H groups in total. The van der Waals surface area contributed by atoms with Gasteiger partial charge in [0.1, 0.15) is 29.5 Å². The first-order chi connectivity index (χ1) is 10.7. The Bertz CT molecular complexity index is 627. The van der Waals surface area contributed by atoms with Gasteiger partial charge in [0.05, 0.1) is 6.61 Å². The fourth-order valence-electron chi connectivity index (χ4n) is 2.28. The average Bonchev–Trinajstić information content (AvgIpc) is 2.99. The summed E-state index contributed by atoms with van der Waals surface area (Å²) in [6.07, 6.45) is -0.221. The van der Waals surface area contributed by atoms with Gasteiger partial charge in [0.15, 0.2) is 0 Å². The summed E-state index contributed by atoms with van der Waals surface area (Å²) in [4.78, 5) is 11.0. The zero-order valence-electron chi connectivity index (χ0n) is 12.0. The van der Waals surface area contributed by atoms with Gasteiger partial charge in [-0.15, -0.1) is 0 Å². The van der Waals surface area contributed by atoms with Gasteiger partial charge in [-0.2, -0.15) is 0 Å². The molecule has 0 aliphatic carbocycles. The molecule has 1 aliphatic rings. The molecule has 114 valence electrons. The number of benzene rings is 2. The van der Waals surface area contributed by atoms with Crippen molar-refractivity contribution in [3.63, 3.8) is 0 Å². The van der Waals surface area contributed by atoms with Gasteiger partial charge < -0.3 is 19.9 Å². The van der Waals surface area contributed by atoms with Gasteiger partial charge in [0.25, 0.3) is 0 Å². The summed E-state index contributed by atoms with van der Waals surface area (Å²) in [6, 6.07) is 16.9. The molecule has 22 heavy (non-hydrogen) atoms. The lowest BCUT2D eigenvalue weighted by atomic mass is 10.2. The molecule has 2 atom stereocenters. The standard InChI is InChI=1S/C17H17NO4/c18-17(19)16-10-15(11-20-16)22-14-8-6-13(7-9-14)21-12-4-2-1-3-5-12/h1-9,15-16H,10-11H2,(H2,18,19). The maximum Gasteiger partial charge on any atom is 0.246 e. The second kappa shape index (κ2) is 6.49. The van der Waals surface area contributed by atoms with Crippen LogP contribution >= 0.6 is 0 Å². The number of amides is 1. The molecule has 0 spiro atoms. The monoisotopic (exact) mass is 299 g/mol. The first-order valence-electron chi connectivity index (χ1n) is 7.11. The van der Waals surface area contributed by atoms with Crippen molar-refractivity contribution >= 4 is 5.91 Å². The van der Waals surface area contributed by atoms with Gasteiger partial charge in [-0.05, 0) is 36.4 Å². The lowest BCUT2D eigenvalue weighted by Crippen LogP contribution is -2.28. The van der Waals surface area contributed by atoms with Gasteiger partial charge in [0.2, 0.25) is 5.91 Å². The summed E-state index contributed by atoms with van der Waals surface area (Å²) in [7, 11) is 0. The van der Waals surface area contributed by atoms with Gasteiger partial charge >= 0.3 is 0 Å². The minimum Gasteiger partial charge on any atom is -0.488 e. The summed E-state index contributed by atoms with van der Waals surface area (Å²) in [6.45, 7) is 0.371. The number of carbonyl (C=O) groups excluding carboxylic acids is 1. The van der Waals surface area contributed by atoms with Crippen molar-refractivity contribution in [1.29, 1.82) is 0 Å². The highest BCUT2D eigenvalue weighted by Crippen LogP contribution is 2.25. The van der Waals surface area contributed by atoms with Crippen molar-refractivity contribution in [3.8, 4) is 17.2 Å². The van der Waals surface area contributed by atoms with Crippen LogP contribution in [0.1, 0.15) is 6.42 Å². The Kier molecular flexibility index (Phi) is 4.25. The van der Waals surface area contributed by atoms with E-state index in [1.807, 2.05) is 54.6 Å². The highest BCUT2D eigenvalue weighted by molar-refractivity contribution is 5.79.